The van der Waals surface area contributed by atoms with Gasteiger partial charge in [-0.2, -0.15) is 0 Å². The van der Waals surface area contributed by atoms with Gasteiger partial charge in [-0.25, -0.2) is 9.48 Å². The van der Waals surface area contributed by atoms with Crippen LogP contribution in [0.25, 0.3) is 0 Å². The SMILES string of the molecule is Cc1ccc(C)c(N2CC(O)(c3ccc([N+](=O)[O-])cc3)[N+]3=C2SCCC3)c1.[Br-]. The minimum absolute atomic E-state index is 0. The van der Waals surface area contributed by atoms with E-state index in [1.165, 1.54) is 17.7 Å². The van der Waals surface area contributed by atoms with Gasteiger partial charge < -0.3 is 22.1 Å². The predicted molar refractivity (Wildman–Crippen MR) is 107 cm³/mol. The number of rotatable bonds is 3. The molecule has 0 aromatic heterocycles. The first-order valence-electron chi connectivity index (χ1n) is 8.99. The zero-order valence-electron chi connectivity index (χ0n) is 15.8. The second-order valence-electron chi connectivity index (χ2n) is 7.13. The molecule has 148 valence electrons. The van der Waals surface area contributed by atoms with Gasteiger partial charge in [0.1, 0.15) is 5.69 Å². The lowest BCUT2D eigenvalue weighted by atomic mass is 10.0. The van der Waals surface area contributed by atoms with Gasteiger partial charge in [-0.05, 0) is 61.4 Å². The summed E-state index contributed by atoms with van der Waals surface area (Å²) in [7, 11) is 0. The van der Waals surface area contributed by atoms with Gasteiger partial charge in [-0.1, -0.05) is 12.1 Å². The number of β-amino-alcohol motifs (C(OH)–C–C–N with tert-alkyl or cyclic N) is 1. The normalized spacial score (nSPS) is 21.3. The molecule has 0 radical (unpaired) electrons. The summed E-state index contributed by atoms with van der Waals surface area (Å²) in [4.78, 5) is 12.7. The standard InChI is InChI=1S/C20H22N3O3S.BrH/c1-14-4-5-15(2)18(12-14)21-13-20(24,22-10-3-11-27-19(21)22)16-6-8-17(9-7-16)23(25)26;/h4-9,12,24H,3,10-11,13H2,1-2H3;1H/q+1;/p-1. The molecule has 2 aliphatic rings. The largest absolute Gasteiger partial charge is 1.00 e. The minimum atomic E-state index is -1.20. The van der Waals surface area contributed by atoms with Crippen LogP contribution in [-0.4, -0.2) is 38.6 Å². The van der Waals surface area contributed by atoms with Crippen molar-refractivity contribution in [2.24, 2.45) is 0 Å². The molecular formula is C20H22BrN3O3S. The molecule has 8 heteroatoms. The van der Waals surface area contributed by atoms with Crippen LogP contribution in [0.15, 0.2) is 42.5 Å². The monoisotopic (exact) mass is 463 g/mol. The van der Waals surface area contributed by atoms with Crippen LogP contribution in [0, 0.1) is 24.0 Å². The van der Waals surface area contributed by atoms with Crippen LogP contribution in [0.3, 0.4) is 0 Å². The average Bonchev–Trinajstić information content (AvgIpc) is 2.98. The highest BCUT2D eigenvalue weighted by Crippen LogP contribution is 2.39. The first kappa shape index (κ1) is 20.8. The van der Waals surface area contributed by atoms with Gasteiger partial charge in [-0.15, -0.1) is 0 Å². The van der Waals surface area contributed by atoms with Crippen molar-refractivity contribution in [3.63, 3.8) is 0 Å². The molecule has 0 saturated heterocycles. The van der Waals surface area contributed by atoms with Crippen LogP contribution >= 0.6 is 11.8 Å². The van der Waals surface area contributed by atoms with E-state index in [1.54, 1.807) is 23.9 Å². The summed E-state index contributed by atoms with van der Waals surface area (Å²) in [6.45, 7) is 5.31. The third-order valence-electron chi connectivity index (χ3n) is 5.24. The van der Waals surface area contributed by atoms with Crippen molar-refractivity contribution in [3.05, 3.63) is 69.3 Å². The number of hydrogen-bond donors (Lipinski definition) is 1. The predicted octanol–water partition coefficient (Wildman–Crippen LogP) is 0.386. The Morgan fingerprint density at radius 1 is 1.21 bits per heavy atom. The van der Waals surface area contributed by atoms with Gasteiger partial charge in [-0.3, -0.25) is 10.1 Å². The lowest BCUT2D eigenvalue weighted by molar-refractivity contribution is -0.656. The third kappa shape index (κ3) is 3.44. The van der Waals surface area contributed by atoms with E-state index in [0.29, 0.717) is 12.1 Å². The highest BCUT2D eigenvalue weighted by molar-refractivity contribution is 8.13. The Labute approximate surface area is 178 Å². The number of benzene rings is 2. The molecule has 2 heterocycles. The zero-order valence-corrected chi connectivity index (χ0v) is 18.2. The van der Waals surface area contributed by atoms with E-state index in [-0.39, 0.29) is 22.7 Å². The summed E-state index contributed by atoms with van der Waals surface area (Å²) in [6, 6.07) is 12.6. The minimum Gasteiger partial charge on any atom is -1.00 e. The van der Waals surface area contributed by atoms with Crippen LogP contribution in [0.2, 0.25) is 0 Å². The van der Waals surface area contributed by atoms with Gasteiger partial charge >= 0.3 is 5.17 Å². The van der Waals surface area contributed by atoms with Crippen molar-refractivity contribution in [1.82, 2.24) is 0 Å². The third-order valence-corrected chi connectivity index (χ3v) is 6.43. The van der Waals surface area contributed by atoms with Crippen molar-refractivity contribution in [1.29, 1.82) is 0 Å². The highest BCUT2D eigenvalue weighted by atomic mass is 79.9. The Morgan fingerprint density at radius 3 is 2.61 bits per heavy atom. The van der Waals surface area contributed by atoms with Crippen LogP contribution < -0.4 is 21.9 Å². The smallest absolute Gasteiger partial charge is 0.316 e. The second kappa shape index (κ2) is 7.85. The molecule has 0 saturated carbocycles. The first-order valence-corrected chi connectivity index (χ1v) is 9.98. The van der Waals surface area contributed by atoms with E-state index in [4.69, 9.17) is 0 Å². The molecule has 0 bridgehead atoms. The number of nitro benzene ring substituents is 1. The zero-order chi connectivity index (χ0) is 19.2. The number of aliphatic hydroxyl groups is 1. The summed E-state index contributed by atoms with van der Waals surface area (Å²) in [5.41, 5.74) is 2.95. The van der Waals surface area contributed by atoms with Crippen LogP contribution in [0.5, 0.6) is 0 Å². The fraction of sp³-hybridized carbons (Fsp3) is 0.350. The van der Waals surface area contributed by atoms with Crippen LogP contribution in [-0.2, 0) is 5.72 Å². The van der Waals surface area contributed by atoms with Crippen LogP contribution in [0.1, 0.15) is 23.1 Å². The summed E-state index contributed by atoms with van der Waals surface area (Å²) < 4.78 is 2.05. The summed E-state index contributed by atoms with van der Waals surface area (Å²) in [6.07, 6.45) is 0.990. The second-order valence-corrected chi connectivity index (χ2v) is 8.19. The van der Waals surface area contributed by atoms with Crippen molar-refractivity contribution in [3.8, 4) is 0 Å². The molecule has 1 unspecified atom stereocenters. The average molecular weight is 464 g/mol. The number of aryl methyl sites for hydroxylation is 2. The van der Waals surface area contributed by atoms with Crippen molar-refractivity contribution in [2.75, 3.05) is 23.7 Å². The van der Waals surface area contributed by atoms with E-state index in [0.717, 1.165) is 35.1 Å². The van der Waals surface area contributed by atoms with E-state index < -0.39 is 10.6 Å². The molecule has 1 atom stereocenters. The maximum absolute atomic E-state index is 11.7. The number of non-ortho nitro benzene ring substituents is 1. The Bertz CT molecular complexity index is 948. The van der Waals surface area contributed by atoms with E-state index in [1.807, 2.05) is 4.58 Å². The Balaban J connectivity index is 0.00000225. The molecule has 1 N–H and O–H groups in total. The van der Waals surface area contributed by atoms with Crippen LogP contribution in [0.4, 0.5) is 11.4 Å². The van der Waals surface area contributed by atoms with Gasteiger partial charge in [0.05, 0.1) is 11.5 Å². The number of nitrogens with zero attached hydrogens (tertiary/aromatic N) is 3. The molecule has 6 nitrogen and oxygen atoms in total. The molecule has 0 aliphatic carbocycles. The fourth-order valence-electron chi connectivity index (χ4n) is 3.80. The molecule has 28 heavy (non-hydrogen) atoms. The number of thioether (sulfide) groups is 1. The number of amidine groups is 1. The van der Waals surface area contributed by atoms with E-state index in [2.05, 4.69) is 36.9 Å². The van der Waals surface area contributed by atoms with Gasteiger partial charge in [0.15, 0.2) is 6.54 Å². The van der Waals surface area contributed by atoms with Crippen molar-refractivity contribution < 1.29 is 31.6 Å². The topological polar surface area (TPSA) is 69.6 Å². The molecule has 2 aromatic carbocycles. The Kier molecular flexibility index (Phi) is 5.84. The van der Waals surface area contributed by atoms with Gasteiger partial charge in [0, 0.05) is 23.4 Å². The molecule has 0 amide bonds. The van der Waals surface area contributed by atoms with E-state index >= 15 is 0 Å². The molecule has 4 rings (SSSR count). The lowest BCUT2D eigenvalue weighted by Crippen LogP contribution is -3.00. The Hall–Kier alpha value is -1.90. The number of anilines is 1. The van der Waals surface area contributed by atoms with Gasteiger partial charge in [0.2, 0.25) is 0 Å². The number of hydrogen-bond acceptors (Lipinski definition) is 5. The first-order chi connectivity index (χ1) is 12.9. The highest BCUT2D eigenvalue weighted by Gasteiger charge is 2.53. The molecule has 0 spiro atoms. The lowest BCUT2D eigenvalue weighted by Gasteiger charge is -2.24. The summed E-state index contributed by atoms with van der Waals surface area (Å²) >= 11 is 1.76. The summed E-state index contributed by atoms with van der Waals surface area (Å²) in [5, 5.41) is 23.7. The number of halogens is 1. The van der Waals surface area contributed by atoms with E-state index in [9.17, 15) is 15.2 Å². The fourth-order valence-corrected chi connectivity index (χ4v) is 4.97. The van der Waals surface area contributed by atoms with Gasteiger partial charge in [0.25, 0.3) is 11.4 Å². The maximum atomic E-state index is 11.7. The van der Waals surface area contributed by atoms with Crippen molar-refractivity contribution >= 4 is 28.3 Å². The van der Waals surface area contributed by atoms with Crippen molar-refractivity contribution in [2.45, 2.75) is 26.0 Å². The molecule has 2 aliphatic heterocycles. The Morgan fingerprint density at radius 2 is 1.93 bits per heavy atom. The summed E-state index contributed by atoms with van der Waals surface area (Å²) in [5.74, 6) is 1.02. The number of nitro groups is 1. The quantitative estimate of drug-likeness (QED) is 0.405. The maximum Gasteiger partial charge on any atom is 0.316 e. The molecule has 2 aromatic rings. The molecule has 0 fully saturated rings. The molecular weight excluding hydrogens is 442 g/mol.